The molecule has 1 aromatic heterocycles. The van der Waals surface area contributed by atoms with Crippen LogP contribution in [0.4, 0.5) is 5.69 Å². The molecule has 0 unspecified atom stereocenters. The van der Waals surface area contributed by atoms with Gasteiger partial charge < -0.3 is 15.1 Å². The minimum atomic E-state index is -0.212. The number of benzene rings is 2. The number of aryl methyl sites for hydroxylation is 2. The van der Waals surface area contributed by atoms with Crippen molar-refractivity contribution in [3.63, 3.8) is 0 Å². The van der Waals surface area contributed by atoms with Crippen molar-refractivity contribution in [1.29, 1.82) is 0 Å². The van der Waals surface area contributed by atoms with Crippen LogP contribution >= 0.6 is 12.2 Å². The quantitative estimate of drug-likeness (QED) is 0.692. The molecule has 0 aliphatic heterocycles. The van der Waals surface area contributed by atoms with Gasteiger partial charge in [-0.3, -0.25) is 4.79 Å². The maximum atomic E-state index is 11.1. The summed E-state index contributed by atoms with van der Waals surface area (Å²) in [6.45, 7) is 5.38. The number of aromatic nitrogens is 1. The van der Waals surface area contributed by atoms with Crippen LogP contribution in [0.25, 0.3) is 22.6 Å². The summed E-state index contributed by atoms with van der Waals surface area (Å²) in [6, 6.07) is 11.7. The van der Waals surface area contributed by atoms with Gasteiger partial charge in [0, 0.05) is 18.2 Å². The first-order chi connectivity index (χ1) is 11.4. The molecule has 0 spiro atoms. The van der Waals surface area contributed by atoms with Gasteiger partial charge in [0.2, 0.25) is 11.8 Å². The minimum absolute atomic E-state index is 0.212. The summed E-state index contributed by atoms with van der Waals surface area (Å²) >= 11 is 5.12. The molecule has 1 amide bonds. The second-order valence-electron chi connectivity index (χ2n) is 5.66. The number of nitrogens with one attached hydrogen (secondary N) is 2. The van der Waals surface area contributed by atoms with Crippen LogP contribution in [0.1, 0.15) is 18.1 Å². The van der Waals surface area contributed by atoms with Crippen molar-refractivity contribution < 1.29 is 9.21 Å². The number of carbonyl (C=O) groups is 1. The molecule has 2 aromatic carbocycles. The van der Waals surface area contributed by atoms with Gasteiger partial charge in [-0.2, -0.15) is 0 Å². The summed E-state index contributed by atoms with van der Waals surface area (Å²) in [4.78, 5) is 15.6. The van der Waals surface area contributed by atoms with Gasteiger partial charge in [-0.05, 0) is 61.5 Å². The Morgan fingerprint density at radius 3 is 2.71 bits per heavy atom. The van der Waals surface area contributed by atoms with Crippen molar-refractivity contribution in [3.8, 4) is 11.5 Å². The fourth-order valence-electron chi connectivity index (χ4n) is 2.36. The van der Waals surface area contributed by atoms with Crippen LogP contribution in [-0.2, 0) is 4.79 Å². The summed E-state index contributed by atoms with van der Waals surface area (Å²) in [6.07, 6.45) is 0. The number of amides is 1. The second-order valence-corrected chi connectivity index (χ2v) is 6.06. The van der Waals surface area contributed by atoms with Gasteiger partial charge in [0.15, 0.2) is 10.7 Å². The maximum absolute atomic E-state index is 11.1. The van der Waals surface area contributed by atoms with Crippen molar-refractivity contribution >= 4 is 40.0 Å². The van der Waals surface area contributed by atoms with Crippen molar-refractivity contribution in [3.05, 3.63) is 47.5 Å². The Morgan fingerprint density at radius 1 is 1.17 bits per heavy atom. The van der Waals surface area contributed by atoms with E-state index in [0.717, 1.165) is 33.5 Å². The van der Waals surface area contributed by atoms with Gasteiger partial charge in [-0.15, -0.1) is 0 Å². The molecule has 0 aliphatic rings. The van der Waals surface area contributed by atoms with Crippen molar-refractivity contribution in [2.75, 3.05) is 5.32 Å². The van der Waals surface area contributed by atoms with Crippen LogP contribution in [0.2, 0.25) is 0 Å². The van der Waals surface area contributed by atoms with Crippen molar-refractivity contribution in [2.24, 2.45) is 0 Å². The zero-order valence-electron chi connectivity index (χ0n) is 13.6. The molecule has 0 fully saturated rings. The van der Waals surface area contributed by atoms with E-state index in [4.69, 9.17) is 16.6 Å². The van der Waals surface area contributed by atoms with Crippen molar-refractivity contribution in [2.45, 2.75) is 20.8 Å². The topological polar surface area (TPSA) is 67.2 Å². The van der Waals surface area contributed by atoms with E-state index in [9.17, 15) is 4.79 Å². The molecule has 1 heterocycles. The van der Waals surface area contributed by atoms with E-state index < -0.39 is 0 Å². The molecule has 5 nitrogen and oxygen atoms in total. The van der Waals surface area contributed by atoms with E-state index in [1.165, 1.54) is 6.92 Å². The van der Waals surface area contributed by atoms with Crippen LogP contribution in [0, 0.1) is 13.8 Å². The number of fused-ring (bicyclic) bond motifs is 1. The van der Waals surface area contributed by atoms with Gasteiger partial charge in [0.25, 0.3) is 0 Å². The van der Waals surface area contributed by atoms with E-state index in [2.05, 4.69) is 15.6 Å². The molecule has 0 atom stereocenters. The van der Waals surface area contributed by atoms with Gasteiger partial charge in [-0.25, -0.2) is 4.98 Å². The molecular formula is C18H17N3O2S. The van der Waals surface area contributed by atoms with Crippen LogP contribution in [-0.4, -0.2) is 16.0 Å². The molecule has 0 aliphatic carbocycles. The molecule has 0 saturated carbocycles. The number of hydrogen-bond donors (Lipinski definition) is 2. The smallest absolute Gasteiger partial charge is 0.227 e. The van der Waals surface area contributed by atoms with Crippen LogP contribution in [0.5, 0.6) is 0 Å². The lowest BCUT2D eigenvalue weighted by atomic mass is 10.1. The zero-order valence-corrected chi connectivity index (χ0v) is 14.5. The lowest BCUT2D eigenvalue weighted by Gasteiger charge is -2.11. The van der Waals surface area contributed by atoms with E-state index in [-0.39, 0.29) is 11.0 Å². The Labute approximate surface area is 145 Å². The highest BCUT2D eigenvalue weighted by atomic mass is 32.1. The number of hydrogen-bond acceptors (Lipinski definition) is 4. The molecule has 6 heteroatoms. The summed E-state index contributed by atoms with van der Waals surface area (Å²) < 4.78 is 5.86. The summed E-state index contributed by atoms with van der Waals surface area (Å²) in [5.41, 5.74) is 5.33. The highest BCUT2D eigenvalue weighted by Gasteiger charge is 2.11. The first-order valence-electron chi connectivity index (χ1n) is 7.49. The van der Waals surface area contributed by atoms with Gasteiger partial charge >= 0.3 is 0 Å². The molecule has 0 saturated heterocycles. The number of rotatable bonds is 2. The predicted octanol–water partition coefficient (Wildman–Crippen LogP) is 3.94. The average molecular weight is 339 g/mol. The molecule has 2 N–H and O–H groups in total. The van der Waals surface area contributed by atoms with Gasteiger partial charge in [0.05, 0.1) is 0 Å². The average Bonchev–Trinajstić information content (AvgIpc) is 2.91. The van der Waals surface area contributed by atoms with Crippen LogP contribution < -0.4 is 10.6 Å². The van der Waals surface area contributed by atoms with Crippen LogP contribution in [0.3, 0.4) is 0 Å². The predicted molar refractivity (Wildman–Crippen MR) is 99.0 cm³/mol. The molecular weight excluding hydrogens is 322 g/mol. The Morgan fingerprint density at radius 2 is 1.96 bits per heavy atom. The first kappa shape index (κ1) is 16.1. The second kappa shape index (κ2) is 6.41. The number of anilines is 1. The SMILES string of the molecule is CC(=O)NC(=S)Nc1cc(-c2nc3ccc(C)cc3o2)ccc1C. The van der Waals surface area contributed by atoms with E-state index in [1.54, 1.807) is 0 Å². The summed E-state index contributed by atoms with van der Waals surface area (Å²) in [5, 5.41) is 5.83. The fourth-order valence-corrected chi connectivity index (χ4v) is 2.61. The first-order valence-corrected chi connectivity index (χ1v) is 7.90. The Balaban J connectivity index is 1.94. The molecule has 24 heavy (non-hydrogen) atoms. The molecule has 3 rings (SSSR count). The summed E-state index contributed by atoms with van der Waals surface area (Å²) in [5.74, 6) is 0.333. The standard InChI is InChI=1S/C18H17N3O2S/c1-10-4-7-14-16(8-10)23-17(20-14)13-6-5-11(2)15(9-13)21-18(24)19-12(3)22/h4-9H,1-3H3,(H2,19,21,22,24). The molecule has 0 bridgehead atoms. The summed E-state index contributed by atoms with van der Waals surface area (Å²) in [7, 11) is 0. The Bertz CT molecular complexity index is 947. The largest absolute Gasteiger partial charge is 0.436 e. The lowest BCUT2D eigenvalue weighted by molar-refractivity contribution is -0.117. The van der Waals surface area contributed by atoms with E-state index in [1.807, 2.05) is 50.2 Å². The zero-order chi connectivity index (χ0) is 17.3. The Kier molecular flexibility index (Phi) is 4.31. The van der Waals surface area contributed by atoms with Crippen molar-refractivity contribution in [1.82, 2.24) is 10.3 Å². The van der Waals surface area contributed by atoms with Gasteiger partial charge in [0.1, 0.15) is 5.52 Å². The van der Waals surface area contributed by atoms with Crippen LogP contribution in [0.15, 0.2) is 40.8 Å². The third-order valence-corrected chi connectivity index (χ3v) is 3.77. The Hall–Kier alpha value is -2.73. The molecule has 122 valence electrons. The number of nitrogens with zero attached hydrogens (tertiary/aromatic N) is 1. The maximum Gasteiger partial charge on any atom is 0.227 e. The molecule has 0 radical (unpaired) electrons. The molecule has 3 aromatic rings. The highest BCUT2D eigenvalue weighted by molar-refractivity contribution is 7.80. The highest BCUT2D eigenvalue weighted by Crippen LogP contribution is 2.28. The third kappa shape index (κ3) is 3.44. The van der Waals surface area contributed by atoms with E-state index in [0.29, 0.717) is 5.89 Å². The fraction of sp³-hybridized carbons (Fsp3) is 0.167. The lowest BCUT2D eigenvalue weighted by Crippen LogP contribution is -2.32. The van der Waals surface area contributed by atoms with E-state index >= 15 is 0 Å². The minimum Gasteiger partial charge on any atom is -0.436 e. The normalized spacial score (nSPS) is 10.6. The third-order valence-electron chi connectivity index (χ3n) is 3.57. The number of oxazole rings is 1. The van der Waals surface area contributed by atoms with Gasteiger partial charge in [-0.1, -0.05) is 12.1 Å². The number of carbonyl (C=O) groups excluding carboxylic acids is 1. The number of thiocarbonyl (C=S) groups is 1. The monoisotopic (exact) mass is 339 g/mol.